The summed E-state index contributed by atoms with van der Waals surface area (Å²) in [5.74, 6) is 0.322. The van der Waals surface area contributed by atoms with Crippen LogP contribution in [0.3, 0.4) is 0 Å². The van der Waals surface area contributed by atoms with E-state index in [0.717, 1.165) is 16.3 Å². The van der Waals surface area contributed by atoms with Crippen LogP contribution in [0.25, 0.3) is 33.6 Å². The highest BCUT2D eigenvalue weighted by atomic mass is 16.5. The first-order chi connectivity index (χ1) is 12.3. The first-order valence-electron chi connectivity index (χ1n) is 7.77. The van der Waals surface area contributed by atoms with E-state index in [1.54, 1.807) is 18.2 Å². The molecule has 0 atom stereocenters. The lowest BCUT2D eigenvalue weighted by molar-refractivity contribution is 0.0601. The molecule has 5 nitrogen and oxygen atoms in total. The van der Waals surface area contributed by atoms with Crippen LogP contribution in [-0.4, -0.2) is 23.2 Å². The van der Waals surface area contributed by atoms with Crippen molar-refractivity contribution in [3.63, 3.8) is 0 Å². The Morgan fingerprint density at radius 1 is 0.920 bits per heavy atom. The van der Waals surface area contributed by atoms with Crippen molar-refractivity contribution in [3.05, 3.63) is 72.3 Å². The van der Waals surface area contributed by atoms with E-state index in [0.29, 0.717) is 22.8 Å². The van der Waals surface area contributed by atoms with Crippen molar-refractivity contribution in [2.45, 2.75) is 0 Å². The molecule has 0 saturated heterocycles. The Morgan fingerprint density at radius 2 is 1.64 bits per heavy atom. The van der Waals surface area contributed by atoms with Gasteiger partial charge in [-0.2, -0.15) is 4.98 Å². The number of carbonyl (C=O) groups excluding carboxylic acids is 1. The van der Waals surface area contributed by atoms with Crippen LogP contribution in [0, 0.1) is 0 Å². The summed E-state index contributed by atoms with van der Waals surface area (Å²) >= 11 is 0. The Balaban J connectivity index is 1.83. The fourth-order valence-corrected chi connectivity index (χ4v) is 2.82. The van der Waals surface area contributed by atoms with E-state index in [1.165, 1.54) is 7.11 Å². The SMILES string of the molecule is COC(=O)c1ccccc1-c1noc(-c2cccc3ccccc23)n1. The van der Waals surface area contributed by atoms with Crippen molar-refractivity contribution in [2.75, 3.05) is 7.11 Å². The minimum Gasteiger partial charge on any atom is -0.465 e. The van der Waals surface area contributed by atoms with Crippen LogP contribution in [0.15, 0.2) is 71.3 Å². The number of rotatable bonds is 3. The van der Waals surface area contributed by atoms with E-state index in [2.05, 4.69) is 10.1 Å². The van der Waals surface area contributed by atoms with E-state index in [-0.39, 0.29) is 0 Å². The van der Waals surface area contributed by atoms with Crippen LogP contribution >= 0.6 is 0 Å². The topological polar surface area (TPSA) is 65.2 Å². The Morgan fingerprint density at radius 3 is 2.52 bits per heavy atom. The largest absolute Gasteiger partial charge is 0.465 e. The summed E-state index contributed by atoms with van der Waals surface area (Å²) in [6, 6.07) is 20.9. The molecule has 122 valence electrons. The number of aromatic nitrogens is 2. The highest BCUT2D eigenvalue weighted by Gasteiger charge is 2.18. The zero-order valence-electron chi connectivity index (χ0n) is 13.5. The molecule has 0 amide bonds. The van der Waals surface area contributed by atoms with Crippen molar-refractivity contribution in [2.24, 2.45) is 0 Å². The standard InChI is InChI=1S/C20H14N2O3/c1-24-20(23)17-11-5-4-10-15(17)18-21-19(25-22-18)16-12-6-8-13-7-2-3-9-14(13)16/h2-12H,1H3. The van der Waals surface area contributed by atoms with Gasteiger partial charge in [-0.05, 0) is 22.9 Å². The third kappa shape index (κ3) is 2.65. The smallest absolute Gasteiger partial charge is 0.338 e. The molecule has 0 spiro atoms. The van der Waals surface area contributed by atoms with Gasteiger partial charge in [-0.1, -0.05) is 59.8 Å². The molecule has 0 aliphatic heterocycles. The second-order valence-electron chi connectivity index (χ2n) is 5.49. The number of hydrogen-bond donors (Lipinski definition) is 0. The summed E-state index contributed by atoms with van der Waals surface area (Å²) in [4.78, 5) is 16.4. The van der Waals surface area contributed by atoms with Gasteiger partial charge in [0.25, 0.3) is 5.89 Å². The zero-order valence-corrected chi connectivity index (χ0v) is 13.5. The van der Waals surface area contributed by atoms with Gasteiger partial charge in [0.2, 0.25) is 5.82 Å². The maximum absolute atomic E-state index is 12.0. The van der Waals surface area contributed by atoms with Gasteiger partial charge in [-0.15, -0.1) is 0 Å². The van der Waals surface area contributed by atoms with E-state index in [9.17, 15) is 4.79 Å². The minimum absolute atomic E-state index is 0.351. The molecule has 5 heteroatoms. The van der Waals surface area contributed by atoms with Crippen molar-refractivity contribution in [1.82, 2.24) is 10.1 Å². The Labute approximate surface area is 143 Å². The van der Waals surface area contributed by atoms with Gasteiger partial charge in [-0.3, -0.25) is 0 Å². The predicted molar refractivity (Wildman–Crippen MR) is 94.0 cm³/mol. The first kappa shape index (κ1) is 15.1. The number of ether oxygens (including phenoxy) is 1. The molecule has 4 rings (SSSR count). The average molecular weight is 330 g/mol. The monoisotopic (exact) mass is 330 g/mol. The number of esters is 1. The Bertz CT molecular complexity index is 1060. The fraction of sp³-hybridized carbons (Fsp3) is 0.0500. The molecule has 1 aromatic heterocycles. The molecule has 0 unspecified atom stereocenters. The van der Waals surface area contributed by atoms with E-state index in [1.807, 2.05) is 48.5 Å². The van der Waals surface area contributed by atoms with Crippen LogP contribution < -0.4 is 0 Å². The highest BCUT2D eigenvalue weighted by molar-refractivity contribution is 5.97. The summed E-state index contributed by atoms with van der Waals surface area (Å²) < 4.78 is 10.3. The number of hydrogen-bond acceptors (Lipinski definition) is 5. The van der Waals surface area contributed by atoms with Crippen LogP contribution in [0.1, 0.15) is 10.4 Å². The van der Waals surface area contributed by atoms with Gasteiger partial charge < -0.3 is 9.26 Å². The molecular formula is C20H14N2O3. The van der Waals surface area contributed by atoms with E-state index >= 15 is 0 Å². The summed E-state index contributed by atoms with van der Waals surface area (Å²) in [5.41, 5.74) is 1.83. The van der Waals surface area contributed by atoms with Crippen molar-refractivity contribution in [3.8, 4) is 22.8 Å². The summed E-state index contributed by atoms with van der Waals surface area (Å²) in [7, 11) is 1.34. The lowest BCUT2D eigenvalue weighted by Gasteiger charge is -2.03. The number of methoxy groups -OCH3 is 1. The van der Waals surface area contributed by atoms with Gasteiger partial charge in [0.05, 0.1) is 12.7 Å². The van der Waals surface area contributed by atoms with Gasteiger partial charge >= 0.3 is 5.97 Å². The van der Waals surface area contributed by atoms with Crippen LogP contribution in [0.4, 0.5) is 0 Å². The lowest BCUT2D eigenvalue weighted by Crippen LogP contribution is -2.03. The summed E-state index contributed by atoms with van der Waals surface area (Å²) in [5, 5.41) is 6.17. The van der Waals surface area contributed by atoms with E-state index < -0.39 is 5.97 Å². The van der Waals surface area contributed by atoms with Gasteiger partial charge in [-0.25, -0.2) is 4.79 Å². The lowest BCUT2D eigenvalue weighted by atomic mass is 10.0. The molecule has 0 radical (unpaired) electrons. The molecule has 0 fully saturated rings. The maximum atomic E-state index is 12.0. The minimum atomic E-state index is -0.438. The summed E-state index contributed by atoms with van der Waals surface area (Å²) in [6.07, 6.45) is 0. The molecule has 0 bridgehead atoms. The van der Waals surface area contributed by atoms with Crippen molar-refractivity contribution >= 4 is 16.7 Å². The number of nitrogens with zero attached hydrogens (tertiary/aromatic N) is 2. The molecule has 0 aliphatic carbocycles. The Kier molecular flexibility index (Phi) is 3.74. The van der Waals surface area contributed by atoms with Gasteiger partial charge in [0.15, 0.2) is 0 Å². The zero-order chi connectivity index (χ0) is 17.2. The molecule has 25 heavy (non-hydrogen) atoms. The first-order valence-corrected chi connectivity index (χ1v) is 7.77. The van der Waals surface area contributed by atoms with Crippen LogP contribution in [0.5, 0.6) is 0 Å². The second kappa shape index (κ2) is 6.20. The van der Waals surface area contributed by atoms with Crippen LogP contribution in [-0.2, 0) is 4.74 Å². The predicted octanol–water partition coefficient (Wildman–Crippen LogP) is 4.34. The van der Waals surface area contributed by atoms with Gasteiger partial charge in [0, 0.05) is 11.1 Å². The number of fused-ring (bicyclic) bond motifs is 1. The third-order valence-corrected chi connectivity index (χ3v) is 4.02. The van der Waals surface area contributed by atoms with E-state index in [4.69, 9.17) is 9.26 Å². The average Bonchev–Trinajstić information content (AvgIpc) is 3.16. The molecule has 0 saturated carbocycles. The molecular weight excluding hydrogens is 316 g/mol. The molecule has 3 aromatic carbocycles. The molecule has 0 aliphatic rings. The van der Waals surface area contributed by atoms with Gasteiger partial charge in [0.1, 0.15) is 0 Å². The van der Waals surface area contributed by atoms with Crippen molar-refractivity contribution < 1.29 is 14.1 Å². The number of benzene rings is 3. The third-order valence-electron chi connectivity index (χ3n) is 4.02. The summed E-state index contributed by atoms with van der Waals surface area (Å²) in [6.45, 7) is 0. The van der Waals surface area contributed by atoms with Crippen molar-refractivity contribution in [1.29, 1.82) is 0 Å². The second-order valence-corrected chi connectivity index (χ2v) is 5.49. The highest BCUT2D eigenvalue weighted by Crippen LogP contribution is 2.30. The number of carbonyl (C=O) groups is 1. The molecule has 1 heterocycles. The van der Waals surface area contributed by atoms with Crippen LogP contribution in [0.2, 0.25) is 0 Å². The maximum Gasteiger partial charge on any atom is 0.338 e. The fourth-order valence-electron chi connectivity index (χ4n) is 2.82. The quantitative estimate of drug-likeness (QED) is 0.523. The normalized spacial score (nSPS) is 10.8. The molecule has 4 aromatic rings. The Hall–Kier alpha value is -3.47. The molecule has 0 N–H and O–H groups in total.